The molecule has 6 nitrogen and oxygen atoms in total. The van der Waals surface area contributed by atoms with Crippen LogP contribution in [-0.4, -0.2) is 54.0 Å². The van der Waals surface area contributed by atoms with E-state index < -0.39 is 5.60 Å². The molecule has 0 saturated carbocycles. The monoisotopic (exact) mass is 370 g/mol. The number of H-pyrrole nitrogens is 1. The number of benzene rings is 1. The van der Waals surface area contributed by atoms with E-state index in [0.29, 0.717) is 6.54 Å². The number of aromatic nitrogens is 2. The van der Waals surface area contributed by atoms with E-state index in [2.05, 4.69) is 45.4 Å². The summed E-state index contributed by atoms with van der Waals surface area (Å²) in [7, 11) is 4.06. The SMILES string of the molecule is CN(C)c1ccc(-c2cc([C@H]3CCCN(C(=O)OC(C)(C)C)C3)[nH]n2)cc1. The van der Waals surface area contributed by atoms with Gasteiger partial charge in [0.1, 0.15) is 5.60 Å². The van der Waals surface area contributed by atoms with Crippen molar-refractivity contribution in [2.75, 3.05) is 32.1 Å². The Labute approximate surface area is 161 Å². The molecule has 1 aliphatic rings. The van der Waals surface area contributed by atoms with Gasteiger partial charge in [-0.25, -0.2) is 4.79 Å². The molecule has 1 fully saturated rings. The van der Waals surface area contributed by atoms with E-state index in [1.54, 1.807) is 0 Å². The van der Waals surface area contributed by atoms with E-state index in [4.69, 9.17) is 4.74 Å². The molecule has 1 saturated heterocycles. The first-order valence-corrected chi connectivity index (χ1v) is 9.54. The lowest BCUT2D eigenvalue weighted by atomic mass is 9.94. The maximum Gasteiger partial charge on any atom is 0.410 e. The lowest BCUT2D eigenvalue weighted by molar-refractivity contribution is 0.0197. The fourth-order valence-corrected chi connectivity index (χ4v) is 3.35. The van der Waals surface area contributed by atoms with Gasteiger partial charge in [-0.1, -0.05) is 12.1 Å². The zero-order valence-electron chi connectivity index (χ0n) is 17.0. The maximum atomic E-state index is 12.4. The smallest absolute Gasteiger partial charge is 0.410 e. The van der Waals surface area contributed by atoms with Crippen LogP contribution in [0.5, 0.6) is 0 Å². The van der Waals surface area contributed by atoms with Crippen molar-refractivity contribution in [1.29, 1.82) is 0 Å². The van der Waals surface area contributed by atoms with Crippen LogP contribution in [0.25, 0.3) is 11.3 Å². The highest BCUT2D eigenvalue weighted by molar-refractivity contribution is 5.68. The van der Waals surface area contributed by atoms with Crippen LogP contribution in [-0.2, 0) is 4.74 Å². The lowest BCUT2D eigenvalue weighted by Crippen LogP contribution is -2.42. The summed E-state index contributed by atoms with van der Waals surface area (Å²) in [4.78, 5) is 16.3. The molecule has 3 rings (SSSR count). The van der Waals surface area contributed by atoms with Crippen molar-refractivity contribution in [3.8, 4) is 11.3 Å². The molecule has 2 heterocycles. The fourth-order valence-electron chi connectivity index (χ4n) is 3.35. The van der Waals surface area contributed by atoms with Crippen LogP contribution in [0.1, 0.15) is 45.2 Å². The molecule has 0 aliphatic carbocycles. The van der Waals surface area contributed by atoms with Crippen LogP contribution in [0.3, 0.4) is 0 Å². The number of anilines is 1. The maximum absolute atomic E-state index is 12.4. The molecule has 27 heavy (non-hydrogen) atoms. The summed E-state index contributed by atoms with van der Waals surface area (Å²) in [5, 5.41) is 7.67. The van der Waals surface area contributed by atoms with Gasteiger partial charge in [-0.05, 0) is 51.8 Å². The van der Waals surface area contributed by atoms with Gasteiger partial charge in [0, 0.05) is 50.0 Å². The normalized spacial score (nSPS) is 17.7. The molecule has 0 unspecified atom stereocenters. The molecule has 6 heteroatoms. The van der Waals surface area contributed by atoms with Gasteiger partial charge >= 0.3 is 6.09 Å². The average molecular weight is 370 g/mol. The molecule has 0 spiro atoms. The molecule has 0 bridgehead atoms. The number of likely N-dealkylation sites (tertiary alicyclic amines) is 1. The second-order valence-electron chi connectivity index (χ2n) is 8.42. The number of piperidine rings is 1. The first kappa shape index (κ1) is 19.3. The number of amides is 1. The van der Waals surface area contributed by atoms with Gasteiger partial charge in [0.25, 0.3) is 0 Å². The van der Waals surface area contributed by atoms with Gasteiger partial charge in [-0.15, -0.1) is 0 Å². The Balaban J connectivity index is 1.69. The Morgan fingerprint density at radius 2 is 1.96 bits per heavy atom. The van der Waals surface area contributed by atoms with Crippen LogP contribution in [0.4, 0.5) is 10.5 Å². The number of aromatic amines is 1. The van der Waals surface area contributed by atoms with E-state index in [1.807, 2.05) is 39.8 Å². The predicted octanol–water partition coefficient (Wildman–Crippen LogP) is 4.26. The minimum absolute atomic E-state index is 0.230. The first-order valence-electron chi connectivity index (χ1n) is 9.54. The van der Waals surface area contributed by atoms with Crippen LogP contribution in [0, 0.1) is 0 Å². The summed E-state index contributed by atoms with van der Waals surface area (Å²) in [6, 6.07) is 10.5. The summed E-state index contributed by atoms with van der Waals surface area (Å²) in [5.41, 5.74) is 3.79. The third-order valence-electron chi connectivity index (χ3n) is 4.79. The molecular weight excluding hydrogens is 340 g/mol. The number of rotatable bonds is 3. The molecule has 2 aromatic rings. The Kier molecular flexibility index (Phi) is 5.44. The highest BCUT2D eigenvalue weighted by Gasteiger charge is 2.29. The predicted molar refractivity (Wildman–Crippen MR) is 108 cm³/mol. The molecular formula is C21H30N4O2. The van der Waals surface area contributed by atoms with Crippen molar-refractivity contribution in [2.45, 2.75) is 45.1 Å². The van der Waals surface area contributed by atoms with E-state index in [0.717, 1.165) is 42.0 Å². The number of carbonyl (C=O) groups excluding carboxylic acids is 1. The standard InChI is InChI=1S/C21H30N4O2/c1-21(2,3)27-20(26)25-12-6-7-16(14-25)19-13-18(22-23-19)15-8-10-17(11-9-15)24(4)5/h8-11,13,16H,6-7,12,14H2,1-5H3,(H,22,23)/t16-/m0/s1. The fraction of sp³-hybridized carbons (Fsp3) is 0.524. The van der Waals surface area contributed by atoms with Gasteiger partial charge in [0.05, 0.1) is 5.69 Å². The van der Waals surface area contributed by atoms with Gasteiger partial charge in [-0.3, -0.25) is 5.10 Å². The van der Waals surface area contributed by atoms with E-state index in [-0.39, 0.29) is 12.0 Å². The Morgan fingerprint density at radius 1 is 1.26 bits per heavy atom. The zero-order valence-corrected chi connectivity index (χ0v) is 17.0. The highest BCUT2D eigenvalue weighted by atomic mass is 16.6. The molecule has 1 aromatic heterocycles. The molecule has 1 aromatic carbocycles. The van der Waals surface area contributed by atoms with Crippen LogP contribution < -0.4 is 4.90 Å². The van der Waals surface area contributed by atoms with Gasteiger partial charge < -0.3 is 14.5 Å². The van der Waals surface area contributed by atoms with Crippen molar-refractivity contribution in [1.82, 2.24) is 15.1 Å². The summed E-state index contributed by atoms with van der Waals surface area (Å²) in [6.45, 7) is 7.10. The summed E-state index contributed by atoms with van der Waals surface area (Å²) in [6.07, 6.45) is 1.78. The first-order chi connectivity index (χ1) is 12.7. The number of nitrogens with one attached hydrogen (secondary N) is 1. The Bertz CT molecular complexity index is 774. The molecule has 146 valence electrons. The van der Waals surface area contributed by atoms with Crippen molar-refractivity contribution >= 4 is 11.8 Å². The Morgan fingerprint density at radius 3 is 2.59 bits per heavy atom. The van der Waals surface area contributed by atoms with Crippen molar-refractivity contribution in [3.05, 3.63) is 36.0 Å². The second kappa shape index (κ2) is 7.62. The van der Waals surface area contributed by atoms with Crippen molar-refractivity contribution in [2.24, 2.45) is 0 Å². The number of hydrogen-bond acceptors (Lipinski definition) is 4. The van der Waals surface area contributed by atoms with E-state index in [1.165, 1.54) is 0 Å². The lowest BCUT2D eigenvalue weighted by Gasteiger charge is -2.33. The van der Waals surface area contributed by atoms with Gasteiger partial charge in [0.2, 0.25) is 0 Å². The highest BCUT2D eigenvalue weighted by Crippen LogP contribution is 2.29. The van der Waals surface area contributed by atoms with Crippen molar-refractivity contribution < 1.29 is 9.53 Å². The van der Waals surface area contributed by atoms with Crippen molar-refractivity contribution in [3.63, 3.8) is 0 Å². The molecule has 1 N–H and O–H groups in total. The topological polar surface area (TPSA) is 61.5 Å². The average Bonchev–Trinajstić information content (AvgIpc) is 3.10. The molecule has 1 amide bonds. The minimum atomic E-state index is -0.468. The van der Waals surface area contributed by atoms with Gasteiger partial charge in [-0.2, -0.15) is 5.10 Å². The quantitative estimate of drug-likeness (QED) is 0.877. The minimum Gasteiger partial charge on any atom is -0.444 e. The second-order valence-corrected chi connectivity index (χ2v) is 8.42. The van der Waals surface area contributed by atoms with E-state index in [9.17, 15) is 4.79 Å². The number of ether oxygens (including phenoxy) is 1. The molecule has 0 radical (unpaired) electrons. The Hall–Kier alpha value is -2.50. The number of hydrogen-bond donors (Lipinski definition) is 1. The van der Waals surface area contributed by atoms with Crippen LogP contribution >= 0.6 is 0 Å². The number of nitrogens with zero attached hydrogens (tertiary/aromatic N) is 3. The molecule has 1 aliphatic heterocycles. The third kappa shape index (κ3) is 4.81. The summed E-state index contributed by atoms with van der Waals surface area (Å²) in [5.74, 6) is 0.258. The van der Waals surface area contributed by atoms with Crippen LogP contribution in [0.2, 0.25) is 0 Å². The summed E-state index contributed by atoms with van der Waals surface area (Å²) >= 11 is 0. The van der Waals surface area contributed by atoms with Crippen LogP contribution in [0.15, 0.2) is 30.3 Å². The third-order valence-corrected chi connectivity index (χ3v) is 4.79. The zero-order chi connectivity index (χ0) is 19.6. The summed E-state index contributed by atoms with van der Waals surface area (Å²) < 4.78 is 5.52. The number of carbonyl (C=O) groups is 1. The largest absolute Gasteiger partial charge is 0.444 e. The van der Waals surface area contributed by atoms with Gasteiger partial charge in [0.15, 0.2) is 0 Å². The van der Waals surface area contributed by atoms with E-state index >= 15 is 0 Å². The molecule has 1 atom stereocenters.